The van der Waals surface area contributed by atoms with E-state index in [0.717, 1.165) is 12.0 Å². The highest BCUT2D eigenvalue weighted by atomic mass is 15.2. The van der Waals surface area contributed by atoms with Crippen LogP contribution in [0.3, 0.4) is 0 Å². The molecule has 3 rings (SSSR count). The van der Waals surface area contributed by atoms with Crippen LogP contribution >= 0.6 is 0 Å². The average molecular weight is 256 g/mol. The van der Waals surface area contributed by atoms with Gasteiger partial charge in [-0.25, -0.2) is 0 Å². The number of hydrogen-bond donors (Lipinski definition) is 0. The lowest BCUT2D eigenvalue weighted by Gasteiger charge is -2.42. The van der Waals surface area contributed by atoms with Crippen LogP contribution in [0.5, 0.6) is 0 Å². The fourth-order valence-corrected chi connectivity index (χ4v) is 3.89. The predicted octanol–water partition coefficient (Wildman–Crippen LogP) is 4.83. The lowest BCUT2D eigenvalue weighted by molar-refractivity contribution is 0.334. The van der Waals surface area contributed by atoms with E-state index < -0.39 is 0 Å². The first-order valence-corrected chi connectivity index (χ1v) is 8.08. The minimum absolute atomic E-state index is 0.759. The molecule has 1 aromatic carbocycles. The molecule has 1 atom stereocenters. The van der Waals surface area contributed by atoms with Gasteiger partial charge >= 0.3 is 0 Å². The molecule has 1 saturated carbocycles. The van der Waals surface area contributed by atoms with Crippen molar-refractivity contribution in [1.29, 1.82) is 0 Å². The zero-order chi connectivity index (χ0) is 12.9. The molecule has 0 N–H and O–H groups in total. The van der Waals surface area contributed by atoms with Gasteiger partial charge in [0, 0.05) is 18.3 Å². The molecule has 0 bridgehead atoms. The quantitative estimate of drug-likeness (QED) is 0.685. The fourth-order valence-electron chi connectivity index (χ4n) is 3.89. The standard InChI is InChI=1S/C18H26N/c1-2-5-11-16(10-4-1)18-14-8-9-15-19(18)17-12-6-3-7-13-17/h3,6-8,12-13,16,18H,1-2,4-5,9-11,14-15H2. The SMILES string of the molecule is [CH]1CCN(c2ccccc2)C(C2CCCCCC2)C1. The Hall–Kier alpha value is -0.980. The first-order valence-electron chi connectivity index (χ1n) is 8.08. The van der Waals surface area contributed by atoms with Gasteiger partial charge in [-0.2, -0.15) is 0 Å². The van der Waals surface area contributed by atoms with E-state index >= 15 is 0 Å². The Balaban J connectivity index is 1.76. The predicted molar refractivity (Wildman–Crippen MR) is 82.3 cm³/mol. The van der Waals surface area contributed by atoms with E-state index in [1.807, 2.05) is 0 Å². The fraction of sp³-hybridized carbons (Fsp3) is 0.611. The number of anilines is 1. The first kappa shape index (κ1) is 13.0. The Morgan fingerprint density at radius 1 is 0.895 bits per heavy atom. The molecule has 1 unspecified atom stereocenters. The second-order valence-corrected chi connectivity index (χ2v) is 6.16. The Labute approximate surface area is 118 Å². The molecule has 2 fully saturated rings. The molecule has 1 aromatic rings. The van der Waals surface area contributed by atoms with E-state index in [1.54, 1.807) is 0 Å². The van der Waals surface area contributed by atoms with Gasteiger partial charge in [-0.3, -0.25) is 0 Å². The van der Waals surface area contributed by atoms with Crippen LogP contribution in [0.25, 0.3) is 0 Å². The summed E-state index contributed by atoms with van der Waals surface area (Å²) in [5.41, 5.74) is 1.44. The maximum atomic E-state index is 2.69. The normalized spacial score (nSPS) is 26.1. The van der Waals surface area contributed by atoms with Gasteiger partial charge in [0.15, 0.2) is 0 Å². The van der Waals surface area contributed by atoms with E-state index in [-0.39, 0.29) is 0 Å². The number of hydrogen-bond acceptors (Lipinski definition) is 1. The topological polar surface area (TPSA) is 3.24 Å². The minimum Gasteiger partial charge on any atom is -0.368 e. The summed E-state index contributed by atoms with van der Waals surface area (Å²) in [5, 5.41) is 0. The molecule has 19 heavy (non-hydrogen) atoms. The Morgan fingerprint density at radius 3 is 2.37 bits per heavy atom. The third-order valence-electron chi connectivity index (χ3n) is 4.91. The maximum Gasteiger partial charge on any atom is 0.0368 e. The van der Waals surface area contributed by atoms with Gasteiger partial charge in [0.1, 0.15) is 0 Å². The molecule has 103 valence electrons. The Kier molecular flexibility index (Phi) is 4.42. The van der Waals surface area contributed by atoms with Crippen molar-refractivity contribution in [3.05, 3.63) is 36.8 Å². The summed E-state index contributed by atoms with van der Waals surface area (Å²) in [5.74, 6) is 0.916. The van der Waals surface area contributed by atoms with Crippen LogP contribution in [0.1, 0.15) is 51.4 Å². The molecular formula is C18H26N. The van der Waals surface area contributed by atoms with Crippen molar-refractivity contribution in [2.24, 2.45) is 5.92 Å². The molecule has 2 aliphatic rings. The van der Waals surface area contributed by atoms with Crippen LogP contribution in [-0.4, -0.2) is 12.6 Å². The average Bonchev–Trinajstić information content (AvgIpc) is 2.77. The molecule has 0 aromatic heterocycles. The highest BCUT2D eigenvalue weighted by Crippen LogP contribution is 2.35. The van der Waals surface area contributed by atoms with Crippen LogP contribution in [0.4, 0.5) is 5.69 Å². The summed E-state index contributed by atoms with van der Waals surface area (Å²) in [6.45, 7) is 1.21. The highest BCUT2D eigenvalue weighted by molar-refractivity contribution is 5.48. The first-order chi connectivity index (χ1) is 9.45. The lowest BCUT2D eigenvalue weighted by atomic mass is 9.85. The highest BCUT2D eigenvalue weighted by Gasteiger charge is 2.30. The van der Waals surface area contributed by atoms with Gasteiger partial charge in [-0.05, 0) is 50.2 Å². The number of benzene rings is 1. The maximum absolute atomic E-state index is 2.69. The lowest BCUT2D eigenvalue weighted by Crippen LogP contribution is -2.44. The molecule has 1 aliphatic carbocycles. The van der Waals surface area contributed by atoms with E-state index in [0.29, 0.717) is 0 Å². The van der Waals surface area contributed by atoms with E-state index in [2.05, 4.69) is 41.7 Å². The molecule has 0 spiro atoms. The number of piperidine rings is 1. The van der Waals surface area contributed by atoms with Gasteiger partial charge in [-0.15, -0.1) is 0 Å². The van der Waals surface area contributed by atoms with Crippen molar-refractivity contribution >= 4 is 5.69 Å². The van der Waals surface area contributed by atoms with E-state index in [4.69, 9.17) is 0 Å². The van der Waals surface area contributed by atoms with Crippen molar-refractivity contribution in [3.8, 4) is 0 Å². The summed E-state index contributed by atoms with van der Waals surface area (Å²) in [6.07, 6.45) is 13.8. The molecular weight excluding hydrogens is 230 g/mol. The zero-order valence-corrected chi connectivity index (χ0v) is 11.9. The van der Waals surface area contributed by atoms with Crippen LogP contribution in [0.15, 0.2) is 30.3 Å². The van der Waals surface area contributed by atoms with Gasteiger partial charge in [0.05, 0.1) is 0 Å². The smallest absolute Gasteiger partial charge is 0.0368 e. The minimum atomic E-state index is 0.759. The number of para-hydroxylation sites is 1. The second-order valence-electron chi connectivity index (χ2n) is 6.16. The van der Waals surface area contributed by atoms with Crippen LogP contribution < -0.4 is 4.90 Å². The summed E-state index contributed by atoms with van der Waals surface area (Å²) >= 11 is 0. The van der Waals surface area contributed by atoms with E-state index in [1.165, 1.54) is 63.6 Å². The zero-order valence-electron chi connectivity index (χ0n) is 11.9. The van der Waals surface area contributed by atoms with Crippen LogP contribution in [-0.2, 0) is 0 Å². The third-order valence-corrected chi connectivity index (χ3v) is 4.91. The number of nitrogens with zero attached hydrogens (tertiary/aromatic N) is 1. The summed E-state index contributed by atoms with van der Waals surface area (Å²) in [6, 6.07) is 11.8. The summed E-state index contributed by atoms with van der Waals surface area (Å²) in [7, 11) is 0. The van der Waals surface area contributed by atoms with Crippen molar-refractivity contribution in [2.75, 3.05) is 11.4 Å². The van der Waals surface area contributed by atoms with Gasteiger partial charge in [-0.1, -0.05) is 43.9 Å². The largest absolute Gasteiger partial charge is 0.368 e. The van der Waals surface area contributed by atoms with Crippen molar-refractivity contribution in [3.63, 3.8) is 0 Å². The van der Waals surface area contributed by atoms with Gasteiger partial charge in [0.2, 0.25) is 0 Å². The third kappa shape index (κ3) is 3.13. The van der Waals surface area contributed by atoms with Gasteiger partial charge in [0.25, 0.3) is 0 Å². The Bertz CT molecular complexity index is 365. The van der Waals surface area contributed by atoms with Gasteiger partial charge < -0.3 is 4.90 Å². The molecule has 1 radical (unpaired) electrons. The van der Waals surface area contributed by atoms with Crippen molar-refractivity contribution in [2.45, 2.75) is 57.4 Å². The van der Waals surface area contributed by atoms with Crippen LogP contribution in [0.2, 0.25) is 0 Å². The molecule has 1 heteroatoms. The molecule has 1 saturated heterocycles. The number of rotatable bonds is 2. The molecule has 1 heterocycles. The Morgan fingerprint density at radius 2 is 1.63 bits per heavy atom. The van der Waals surface area contributed by atoms with Crippen LogP contribution in [0, 0.1) is 12.3 Å². The van der Waals surface area contributed by atoms with E-state index in [9.17, 15) is 0 Å². The molecule has 1 nitrogen and oxygen atoms in total. The van der Waals surface area contributed by atoms with Crippen molar-refractivity contribution in [1.82, 2.24) is 0 Å². The summed E-state index contributed by atoms with van der Waals surface area (Å²) < 4.78 is 0. The summed E-state index contributed by atoms with van der Waals surface area (Å²) in [4.78, 5) is 2.69. The van der Waals surface area contributed by atoms with Crippen molar-refractivity contribution < 1.29 is 0 Å². The molecule has 0 amide bonds. The molecule has 1 aliphatic heterocycles. The second kappa shape index (κ2) is 6.45. The monoisotopic (exact) mass is 256 g/mol.